The summed E-state index contributed by atoms with van der Waals surface area (Å²) in [4.78, 5) is 5.24. The maximum atomic E-state index is 6.04. The van der Waals surface area contributed by atoms with Crippen molar-refractivity contribution in [3.05, 3.63) is 35.9 Å². The summed E-state index contributed by atoms with van der Waals surface area (Å²) < 4.78 is 6.04. The lowest BCUT2D eigenvalue weighted by Crippen LogP contribution is -2.48. The van der Waals surface area contributed by atoms with Crippen molar-refractivity contribution >= 4 is 0 Å². The van der Waals surface area contributed by atoms with Crippen LogP contribution in [0.4, 0.5) is 0 Å². The number of ether oxygens (including phenoxy) is 1. The van der Waals surface area contributed by atoms with E-state index in [1.54, 1.807) is 0 Å². The summed E-state index contributed by atoms with van der Waals surface area (Å²) in [6, 6.07) is 11.2. The summed E-state index contributed by atoms with van der Waals surface area (Å²) >= 11 is 0. The second-order valence-corrected chi connectivity index (χ2v) is 6.48. The quantitative estimate of drug-likeness (QED) is 0.847. The van der Waals surface area contributed by atoms with Crippen LogP contribution >= 0.6 is 0 Å². The highest BCUT2D eigenvalue weighted by Crippen LogP contribution is 2.24. The van der Waals surface area contributed by atoms with Crippen LogP contribution in [0.2, 0.25) is 0 Å². The lowest BCUT2D eigenvalue weighted by molar-refractivity contribution is -0.0622. The Kier molecular flexibility index (Phi) is 5.28. The average molecular weight is 288 g/mol. The van der Waals surface area contributed by atoms with E-state index in [2.05, 4.69) is 47.1 Å². The Morgan fingerprint density at radius 3 is 2.57 bits per heavy atom. The molecule has 2 saturated heterocycles. The Morgan fingerprint density at radius 1 is 1.05 bits per heavy atom. The molecule has 0 bridgehead atoms. The highest BCUT2D eigenvalue weighted by atomic mass is 16.5. The van der Waals surface area contributed by atoms with E-state index >= 15 is 0 Å². The molecule has 2 atom stereocenters. The smallest absolute Gasteiger partial charge is 0.0952 e. The van der Waals surface area contributed by atoms with Crippen molar-refractivity contribution in [3.8, 4) is 0 Å². The zero-order chi connectivity index (χ0) is 14.5. The summed E-state index contributed by atoms with van der Waals surface area (Å²) in [5.74, 6) is 0. The molecule has 0 aromatic heterocycles. The summed E-state index contributed by atoms with van der Waals surface area (Å²) in [7, 11) is 0. The maximum absolute atomic E-state index is 6.04. The standard InChI is InChI=1S/C18H28N2O/c1-16-15-21-18(17-8-4-2-5-9-17)14-20(16)13-12-19-10-6-3-7-11-19/h2,4-5,8-9,16,18H,3,6-7,10-15H2,1H3. The SMILES string of the molecule is CC1COC(c2ccccc2)CN1CCN1CCCCC1. The largest absolute Gasteiger partial charge is 0.371 e. The second kappa shape index (κ2) is 7.39. The summed E-state index contributed by atoms with van der Waals surface area (Å²) in [6.07, 6.45) is 4.42. The van der Waals surface area contributed by atoms with Crippen LogP contribution in [0, 0.1) is 0 Å². The topological polar surface area (TPSA) is 15.7 Å². The molecule has 1 aromatic rings. The first-order chi connectivity index (χ1) is 10.3. The van der Waals surface area contributed by atoms with Gasteiger partial charge in [-0.15, -0.1) is 0 Å². The summed E-state index contributed by atoms with van der Waals surface area (Å²) in [5.41, 5.74) is 1.31. The molecule has 21 heavy (non-hydrogen) atoms. The molecule has 0 N–H and O–H groups in total. The third-order valence-electron chi connectivity index (χ3n) is 4.89. The van der Waals surface area contributed by atoms with E-state index in [-0.39, 0.29) is 6.10 Å². The van der Waals surface area contributed by atoms with Gasteiger partial charge in [0.15, 0.2) is 0 Å². The zero-order valence-corrected chi connectivity index (χ0v) is 13.2. The van der Waals surface area contributed by atoms with Crippen LogP contribution < -0.4 is 0 Å². The van der Waals surface area contributed by atoms with Crippen LogP contribution in [0.15, 0.2) is 30.3 Å². The Hall–Kier alpha value is -0.900. The predicted octanol–water partition coefficient (Wildman–Crippen LogP) is 2.93. The molecule has 0 amide bonds. The maximum Gasteiger partial charge on any atom is 0.0952 e. The van der Waals surface area contributed by atoms with Crippen molar-refractivity contribution in [1.82, 2.24) is 9.80 Å². The molecule has 1 aromatic carbocycles. The number of hydrogen-bond acceptors (Lipinski definition) is 3. The molecule has 0 radical (unpaired) electrons. The molecule has 2 heterocycles. The van der Waals surface area contributed by atoms with Gasteiger partial charge in [-0.25, -0.2) is 0 Å². The van der Waals surface area contributed by atoms with Gasteiger partial charge in [0.05, 0.1) is 12.7 Å². The Balaban J connectivity index is 1.53. The van der Waals surface area contributed by atoms with E-state index in [9.17, 15) is 0 Å². The van der Waals surface area contributed by atoms with Gasteiger partial charge in [-0.05, 0) is 38.4 Å². The van der Waals surface area contributed by atoms with E-state index in [0.29, 0.717) is 6.04 Å². The number of benzene rings is 1. The first-order valence-corrected chi connectivity index (χ1v) is 8.46. The van der Waals surface area contributed by atoms with Gasteiger partial charge in [0.25, 0.3) is 0 Å². The van der Waals surface area contributed by atoms with Gasteiger partial charge in [0.1, 0.15) is 0 Å². The molecule has 2 fully saturated rings. The minimum Gasteiger partial charge on any atom is -0.371 e. The highest BCUT2D eigenvalue weighted by Gasteiger charge is 2.27. The molecule has 2 aliphatic heterocycles. The lowest BCUT2D eigenvalue weighted by Gasteiger charge is -2.39. The third kappa shape index (κ3) is 4.06. The van der Waals surface area contributed by atoms with Gasteiger partial charge < -0.3 is 9.64 Å². The van der Waals surface area contributed by atoms with Crippen LogP contribution in [0.3, 0.4) is 0 Å². The number of nitrogens with zero attached hydrogens (tertiary/aromatic N) is 2. The Bertz CT molecular complexity index is 416. The molecule has 3 rings (SSSR count). The van der Waals surface area contributed by atoms with Crippen LogP contribution in [0.5, 0.6) is 0 Å². The van der Waals surface area contributed by atoms with E-state index in [0.717, 1.165) is 13.2 Å². The first kappa shape index (κ1) is 15.0. The van der Waals surface area contributed by atoms with Gasteiger partial charge in [0, 0.05) is 25.7 Å². The van der Waals surface area contributed by atoms with Gasteiger partial charge in [-0.3, -0.25) is 4.90 Å². The normalized spacial score (nSPS) is 28.6. The predicted molar refractivity (Wildman–Crippen MR) is 86.5 cm³/mol. The van der Waals surface area contributed by atoms with Crippen LogP contribution in [-0.4, -0.2) is 55.2 Å². The van der Waals surface area contributed by atoms with E-state index in [1.165, 1.54) is 51.0 Å². The monoisotopic (exact) mass is 288 g/mol. The number of likely N-dealkylation sites (tertiary alicyclic amines) is 1. The van der Waals surface area contributed by atoms with Crippen molar-refractivity contribution in [3.63, 3.8) is 0 Å². The molecule has 0 spiro atoms. The highest BCUT2D eigenvalue weighted by molar-refractivity contribution is 5.18. The van der Waals surface area contributed by atoms with Gasteiger partial charge >= 0.3 is 0 Å². The lowest BCUT2D eigenvalue weighted by atomic mass is 10.1. The summed E-state index contributed by atoms with van der Waals surface area (Å²) in [5, 5.41) is 0. The van der Waals surface area contributed by atoms with Crippen LogP contribution in [0.1, 0.15) is 37.9 Å². The average Bonchev–Trinajstić information content (AvgIpc) is 2.56. The molecule has 0 aliphatic carbocycles. The molecular weight excluding hydrogens is 260 g/mol. The number of hydrogen-bond donors (Lipinski definition) is 0. The minimum atomic E-state index is 0.240. The van der Waals surface area contributed by atoms with Crippen molar-refractivity contribution in [2.24, 2.45) is 0 Å². The second-order valence-electron chi connectivity index (χ2n) is 6.48. The Labute approximate surface area is 128 Å². The fourth-order valence-electron chi connectivity index (χ4n) is 3.44. The van der Waals surface area contributed by atoms with Gasteiger partial charge in [-0.1, -0.05) is 36.8 Å². The van der Waals surface area contributed by atoms with Crippen LogP contribution in [-0.2, 0) is 4.74 Å². The number of morpholine rings is 1. The van der Waals surface area contributed by atoms with Crippen molar-refractivity contribution in [2.45, 2.75) is 38.3 Å². The van der Waals surface area contributed by atoms with Gasteiger partial charge in [0.2, 0.25) is 0 Å². The van der Waals surface area contributed by atoms with E-state index in [4.69, 9.17) is 4.74 Å². The van der Waals surface area contributed by atoms with Crippen molar-refractivity contribution in [2.75, 3.05) is 39.3 Å². The third-order valence-corrected chi connectivity index (χ3v) is 4.89. The minimum absolute atomic E-state index is 0.240. The van der Waals surface area contributed by atoms with E-state index in [1.807, 2.05) is 0 Å². The number of rotatable bonds is 4. The molecule has 2 aliphatic rings. The molecular formula is C18H28N2O. The zero-order valence-electron chi connectivity index (χ0n) is 13.2. The molecule has 0 saturated carbocycles. The molecule has 2 unspecified atom stereocenters. The van der Waals surface area contributed by atoms with Crippen molar-refractivity contribution in [1.29, 1.82) is 0 Å². The Morgan fingerprint density at radius 2 is 1.81 bits per heavy atom. The molecule has 3 heteroatoms. The molecule has 116 valence electrons. The summed E-state index contributed by atoms with van der Waals surface area (Å²) in [6.45, 7) is 9.14. The van der Waals surface area contributed by atoms with Gasteiger partial charge in [-0.2, -0.15) is 0 Å². The van der Waals surface area contributed by atoms with Crippen molar-refractivity contribution < 1.29 is 4.74 Å². The molecule has 3 nitrogen and oxygen atoms in total. The number of piperidine rings is 1. The fraction of sp³-hybridized carbons (Fsp3) is 0.667. The first-order valence-electron chi connectivity index (χ1n) is 8.46. The fourth-order valence-corrected chi connectivity index (χ4v) is 3.44. The van der Waals surface area contributed by atoms with Crippen LogP contribution in [0.25, 0.3) is 0 Å². The van der Waals surface area contributed by atoms with E-state index < -0.39 is 0 Å².